The van der Waals surface area contributed by atoms with Crippen LogP contribution in [0.3, 0.4) is 0 Å². The third-order valence-corrected chi connectivity index (χ3v) is 3.31. The number of hydrogen-bond donors (Lipinski definition) is 3. The van der Waals surface area contributed by atoms with E-state index < -0.39 is 6.10 Å². The summed E-state index contributed by atoms with van der Waals surface area (Å²) in [5.41, 5.74) is 2.76. The van der Waals surface area contributed by atoms with Crippen molar-refractivity contribution < 1.29 is 10.2 Å². The minimum Gasteiger partial charge on any atom is -0.394 e. The van der Waals surface area contributed by atoms with E-state index in [-0.39, 0.29) is 6.61 Å². The van der Waals surface area contributed by atoms with Crippen LogP contribution in [0.2, 0.25) is 0 Å². The maximum Gasteiger partial charge on any atom is 0.0942 e. The zero-order chi connectivity index (χ0) is 13.9. The molecule has 1 unspecified atom stereocenters. The van der Waals surface area contributed by atoms with Crippen molar-refractivity contribution in [3.05, 3.63) is 48.5 Å². The lowest BCUT2D eigenvalue weighted by Gasteiger charge is -2.15. The summed E-state index contributed by atoms with van der Waals surface area (Å²) in [6.07, 6.45) is -0.777. The average Bonchev–Trinajstić information content (AvgIpc) is 2.51. The van der Waals surface area contributed by atoms with E-state index in [1.807, 2.05) is 48.5 Å². The van der Waals surface area contributed by atoms with Gasteiger partial charge in [0.05, 0.1) is 29.4 Å². The molecule has 2 aromatic carbocycles. The van der Waals surface area contributed by atoms with Gasteiger partial charge in [0.2, 0.25) is 0 Å². The minimum atomic E-state index is -0.777. The van der Waals surface area contributed by atoms with Crippen LogP contribution in [0.5, 0.6) is 0 Å². The Bertz CT molecular complexity index is 689. The second-order valence-electron chi connectivity index (χ2n) is 4.74. The third-order valence-electron chi connectivity index (χ3n) is 3.31. The van der Waals surface area contributed by atoms with Gasteiger partial charge in [-0.15, -0.1) is 0 Å². The molecular weight excluding hydrogens is 252 g/mol. The first-order valence-electron chi connectivity index (χ1n) is 6.60. The largest absolute Gasteiger partial charge is 0.394 e. The predicted octanol–water partition coefficient (Wildman–Crippen LogP) is 2.15. The van der Waals surface area contributed by atoms with Crippen molar-refractivity contribution in [1.29, 1.82) is 0 Å². The lowest BCUT2D eigenvalue weighted by molar-refractivity contribution is 0.105. The molecule has 3 aromatic rings. The van der Waals surface area contributed by atoms with E-state index in [1.165, 1.54) is 0 Å². The van der Waals surface area contributed by atoms with E-state index in [0.29, 0.717) is 6.54 Å². The van der Waals surface area contributed by atoms with Gasteiger partial charge in [0.25, 0.3) is 0 Å². The fourth-order valence-electron chi connectivity index (χ4n) is 2.31. The first-order chi connectivity index (χ1) is 9.79. The van der Waals surface area contributed by atoms with Crippen molar-refractivity contribution in [3.8, 4) is 0 Å². The number of aliphatic hydroxyl groups excluding tert-OH is 2. The molecule has 102 valence electrons. The molecule has 1 heterocycles. The molecular formula is C16H16N2O2. The SMILES string of the molecule is OCC(O)CNc1c2ccccc2nc2ccccc12. The van der Waals surface area contributed by atoms with Gasteiger partial charge < -0.3 is 15.5 Å². The standard InChI is InChI=1S/C16H16N2O2/c19-10-11(20)9-17-16-12-5-1-3-7-14(12)18-15-8-4-2-6-13(15)16/h1-8,11,19-20H,9-10H2,(H,17,18). The zero-order valence-electron chi connectivity index (χ0n) is 11.0. The number of aliphatic hydroxyl groups is 2. The lowest BCUT2D eigenvalue weighted by atomic mass is 10.1. The summed E-state index contributed by atoms with van der Waals surface area (Å²) in [5.74, 6) is 0. The fourth-order valence-corrected chi connectivity index (χ4v) is 2.31. The molecule has 3 N–H and O–H groups in total. The molecule has 0 amide bonds. The van der Waals surface area contributed by atoms with Crippen molar-refractivity contribution in [1.82, 2.24) is 4.98 Å². The molecule has 20 heavy (non-hydrogen) atoms. The average molecular weight is 268 g/mol. The molecule has 0 fully saturated rings. The highest BCUT2D eigenvalue weighted by molar-refractivity contribution is 6.07. The van der Waals surface area contributed by atoms with Crippen molar-refractivity contribution in [2.24, 2.45) is 0 Å². The van der Waals surface area contributed by atoms with E-state index in [2.05, 4.69) is 10.3 Å². The van der Waals surface area contributed by atoms with Crippen LogP contribution in [0.15, 0.2) is 48.5 Å². The molecule has 3 rings (SSSR count). The van der Waals surface area contributed by atoms with Crippen LogP contribution in [-0.2, 0) is 0 Å². The molecule has 0 radical (unpaired) electrons. The van der Waals surface area contributed by atoms with Crippen LogP contribution < -0.4 is 5.32 Å². The summed E-state index contributed by atoms with van der Waals surface area (Å²) in [6.45, 7) is 0.0441. The number of pyridine rings is 1. The maximum atomic E-state index is 9.54. The molecule has 4 nitrogen and oxygen atoms in total. The number of hydrogen-bond acceptors (Lipinski definition) is 4. The van der Waals surface area contributed by atoms with Gasteiger partial charge in [-0.25, -0.2) is 4.98 Å². The Morgan fingerprint density at radius 3 is 2.05 bits per heavy atom. The summed E-state index contributed by atoms with van der Waals surface area (Å²) in [5, 5.41) is 23.7. The van der Waals surface area contributed by atoms with Gasteiger partial charge in [-0.3, -0.25) is 0 Å². The summed E-state index contributed by atoms with van der Waals surface area (Å²) in [4.78, 5) is 4.63. The highest BCUT2D eigenvalue weighted by atomic mass is 16.3. The number of rotatable bonds is 4. The number of para-hydroxylation sites is 2. The lowest BCUT2D eigenvalue weighted by Crippen LogP contribution is -2.23. The summed E-state index contributed by atoms with van der Waals surface area (Å²) < 4.78 is 0. The number of aromatic nitrogens is 1. The van der Waals surface area contributed by atoms with Crippen LogP contribution in [-0.4, -0.2) is 34.5 Å². The third kappa shape index (κ3) is 2.31. The molecule has 1 atom stereocenters. The Labute approximate surface area is 116 Å². The van der Waals surface area contributed by atoms with Gasteiger partial charge in [-0.1, -0.05) is 36.4 Å². The first-order valence-corrected chi connectivity index (χ1v) is 6.60. The molecule has 0 aliphatic rings. The van der Waals surface area contributed by atoms with Crippen LogP contribution in [0.1, 0.15) is 0 Å². The Morgan fingerprint density at radius 2 is 1.50 bits per heavy atom. The fraction of sp³-hybridized carbons (Fsp3) is 0.188. The van der Waals surface area contributed by atoms with Crippen molar-refractivity contribution >= 4 is 27.5 Å². The molecule has 1 aromatic heterocycles. The van der Waals surface area contributed by atoms with Gasteiger partial charge in [0.1, 0.15) is 0 Å². The van der Waals surface area contributed by atoms with Gasteiger partial charge in [-0.05, 0) is 12.1 Å². The molecule has 0 saturated carbocycles. The van der Waals surface area contributed by atoms with E-state index >= 15 is 0 Å². The van der Waals surface area contributed by atoms with Crippen LogP contribution in [0.25, 0.3) is 21.8 Å². The van der Waals surface area contributed by atoms with Gasteiger partial charge in [0.15, 0.2) is 0 Å². The number of nitrogens with one attached hydrogen (secondary N) is 1. The first kappa shape index (κ1) is 12.8. The number of nitrogens with zero attached hydrogens (tertiary/aromatic N) is 1. The van der Waals surface area contributed by atoms with Crippen LogP contribution >= 0.6 is 0 Å². The van der Waals surface area contributed by atoms with Crippen molar-refractivity contribution in [2.75, 3.05) is 18.5 Å². The van der Waals surface area contributed by atoms with Crippen molar-refractivity contribution in [3.63, 3.8) is 0 Å². The molecule has 4 heteroatoms. The summed E-state index contributed by atoms with van der Waals surface area (Å²) >= 11 is 0. The smallest absolute Gasteiger partial charge is 0.0942 e. The van der Waals surface area contributed by atoms with Gasteiger partial charge in [-0.2, -0.15) is 0 Å². The zero-order valence-corrected chi connectivity index (χ0v) is 11.0. The number of anilines is 1. The van der Waals surface area contributed by atoms with Crippen molar-refractivity contribution in [2.45, 2.75) is 6.10 Å². The molecule has 0 saturated heterocycles. The Morgan fingerprint density at radius 1 is 0.950 bits per heavy atom. The predicted molar refractivity (Wildman–Crippen MR) is 80.8 cm³/mol. The highest BCUT2D eigenvalue weighted by Gasteiger charge is 2.09. The van der Waals surface area contributed by atoms with E-state index in [1.54, 1.807) is 0 Å². The number of fused-ring (bicyclic) bond motifs is 2. The van der Waals surface area contributed by atoms with Gasteiger partial charge >= 0.3 is 0 Å². The highest BCUT2D eigenvalue weighted by Crippen LogP contribution is 2.30. The molecule has 0 aliphatic heterocycles. The molecule has 0 aliphatic carbocycles. The monoisotopic (exact) mass is 268 g/mol. The maximum absolute atomic E-state index is 9.54. The topological polar surface area (TPSA) is 65.4 Å². The summed E-state index contributed by atoms with van der Waals surface area (Å²) in [7, 11) is 0. The Hall–Kier alpha value is -2.17. The quantitative estimate of drug-likeness (QED) is 0.634. The van der Waals surface area contributed by atoms with Gasteiger partial charge in [0, 0.05) is 17.3 Å². The Kier molecular flexibility index (Phi) is 3.50. The summed E-state index contributed by atoms with van der Waals surface area (Å²) in [6, 6.07) is 15.8. The molecule has 0 spiro atoms. The molecule has 0 bridgehead atoms. The van der Waals surface area contributed by atoms with Crippen LogP contribution in [0.4, 0.5) is 5.69 Å². The normalized spacial score (nSPS) is 12.7. The Balaban J connectivity index is 2.17. The second kappa shape index (κ2) is 5.45. The van der Waals surface area contributed by atoms with E-state index in [0.717, 1.165) is 27.5 Å². The minimum absolute atomic E-state index is 0.256. The number of benzene rings is 2. The second-order valence-corrected chi connectivity index (χ2v) is 4.74. The van der Waals surface area contributed by atoms with E-state index in [9.17, 15) is 5.11 Å². The van der Waals surface area contributed by atoms with E-state index in [4.69, 9.17) is 5.11 Å². The van der Waals surface area contributed by atoms with Crippen LogP contribution in [0, 0.1) is 0 Å².